The molecule has 1 aliphatic heterocycles. The summed E-state index contributed by atoms with van der Waals surface area (Å²) in [4.78, 5) is 12.4. The maximum absolute atomic E-state index is 14.8. The van der Waals surface area contributed by atoms with Gasteiger partial charge in [0, 0.05) is 32.2 Å². The van der Waals surface area contributed by atoms with Crippen LogP contribution >= 0.6 is 0 Å². The second kappa shape index (κ2) is 9.97. The zero-order valence-electron chi connectivity index (χ0n) is 15.7. The summed E-state index contributed by atoms with van der Waals surface area (Å²) >= 11 is 0. The predicted molar refractivity (Wildman–Crippen MR) is 97.8 cm³/mol. The van der Waals surface area contributed by atoms with Crippen molar-refractivity contribution in [2.24, 2.45) is 5.92 Å². The third kappa shape index (κ3) is 4.80. The fourth-order valence-corrected chi connectivity index (χ4v) is 3.90. The van der Waals surface area contributed by atoms with Gasteiger partial charge in [0.2, 0.25) is 5.91 Å². The van der Waals surface area contributed by atoms with Gasteiger partial charge in [-0.1, -0.05) is 19.1 Å². The molecule has 0 aromatic heterocycles. The van der Waals surface area contributed by atoms with Crippen LogP contribution in [-0.2, 0) is 15.1 Å². The van der Waals surface area contributed by atoms with E-state index < -0.39 is 17.2 Å². The molecule has 1 unspecified atom stereocenters. The van der Waals surface area contributed by atoms with Crippen molar-refractivity contribution < 1.29 is 18.3 Å². The third-order valence-electron chi connectivity index (χ3n) is 5.28. The summed E-state index contributed by atoms with van der Waals surface area (Å²) < 4.78 is 33.9. The van der Waals surface area contributed by atoms with Gasteiger partial charge in [-0.15, -0.1) is 0 Å². The Bertz CT molecular complexity index is 591. The van der Waals surface area contributed by atoms with Crippen LogP contribution in [0, 0.1) is 17.6 Å². The van der Waals surface area contributed by atoms with E-state index in [0.29, 0.717) is 26.0 Å². The number of unbranched alkanes of at least 4 members (excludes halogenated alkanes) is 1. The van der Waals surface area contributed by atoms with Crippen LogP contribution in [0.2, 0.25) is 0 Å². The molecule has 1 fully saturated rings. The highest BCUT2D eigenvalue weighted by atomic mass is 19.2. The summed E-state index contributed by atoms with van der Waals surface area (Å²) in [6, 6.07) is 4.25. The number of halogens is 2. The molecule has 4 nitrogen and oxygen atoms in total. The number of methoxy groups -OCH3 is 1. The number of hydrogen-bond donors (Lipinski definition) is 2. The molecule has 6 heteroatoms. The number of nitrogens with one attached hydrogen (secondary N) is 2. The molecule has 0 saturated carbocycles. The van der Waals surface area contributed by atoms with Crippen LogP contribution in [-0.4, -0.2) is 32.7 Å². The van der Waals surface area contributed by atoms with Crippen molar-refractivity contribution in [2.45, 2.75) is 51.0 Å². The lowest BCUT2D eigenvalue weighted by Crippen LogP contribution is -2.55. The molecule has 146 valence electrons. The van der Waals surface area contributed by atoms with Crippen LogP contribution in [0.15, 0.2) is 18.2 Å². The van der Waals surface area contributed by atoms with Gasteiger partial charge in [-0.2, -0.15) is 0 Å². The maximum Gasteiger partial charge on any atom is 0.220 e. The van der Waals surface area contributed by atoms with Crippen LogP contribution in [0.3, 0.4) is 0 Å². The number of carbonyl (C=O) groups excluding carboxylic acids is 1. The normalized spacial score (nSPS) is 19.8. The topological polar surface area (TPSA) is 50.4 Å². The molecule has 0 aliphatic carbocycles. The average molecular weight is 368 g/mol. The molecule has 1 amide bonds. The number of amides is 1. The Balaban J connectivity index is 2.46. The van der Waals surface area contributed by atoms with Crippen LogP contribution in [0.5, 0.6) is 0 Å². The molecule has 1 aromatic carbocycles. The third-order valence-corrected chi connectivity index (χ3v) is 5.28. The van der Waals surface area contributed by atoms with Crippen molar-refractivity contribution >= 4 is 5.91 Å². The molecule has 1 aromatic rings. The lowest BCUT2D eigenvalue weighted by atomic mass is 9.71. The van der Waals surface area contributed by atoms with Crippen molar-refractivity contribution in [1.82, 2.24) is 10.6 Å². The first-order valence-corrected chi connectivity index (χ1v) is 9.50. The Labute approximate surface area is 154 Å². The highest BCUT2D eigenvalue weighted by molar-refractivity contribution is 5.76. The molecule has 0 bridgehead atoms. The second-order valence-electron chi connectivity index (χ2n) is 6.97. The molecular formula is C20H30F2N2O2. The highest BCUT2D eigenvalue weighted by Gasteiger charge is 2.43. The van der Waals surface area contributed by atoms with Crippen LogP contribution in [0.4, 0.5) is 8.78 Å². The van der Waals surface area contributed by atoms with Crippen molar-refractivity contribution in [1.29, 1.82) is 0 Å². The van der Waals surface area contributed by atoms with Gasteiger partial charge >= 0.3 is 0 Å². The minimum absolute atomic E-state index is 0.00518. The maximum atomic E-state index is 14.8. The molecule has 2 N–H and O–H groups in total. The van der Waals surface area contributed by atoms with Crippen molar-refractivity contribution in [3.63, 3.8) is 0 Å². The zero-order valence-corrected chi connectivity index (χ0v) is 15.7. The Morgan fingerprint density at radius 3 is 2.85 bits per heavy atom. The van der Waals surface area contributed by atoms with Crippen molar-refractivity contribution in [3.05, 3.63) is 35.4 Å². The first-order valence-electron chi connectivity index (χ1n) is 9.50. The van der Waals surface area contributed by atoms with Gasteiger partial charge in [-0.3, -0.25) is 4.79 Å². The summed E-state index contributed by atoms with van der Waals surface area (Å²) in [5, 5.41) is 6.43. The standard InChI is InChI=1S/C20H30F2N2O2/c1-3-18(25)24-20(11-4-5-13-26-2,15-8-7-12-23-14-15)16-9-6-10-17(21)19(16)22/h6,9-10,15,23H,3-5,7-8,11-14H2,1-2H3,(H,24,25)/t15?,20-/m0/s1. The zero-order chi connectivity index (χ0) is 19.0. The minimum Gasteiger partial charge on any atom is -0.385 e. The fourth-order valence-electron chi connectivity index (χ4n) is 3.90. The average Bonchev–Trinajstić information content (AvgIpc) is 2.67. The van der Waals surface area contributed by atoms with E-state index in [-0.39, 0.29) is 17.4 Å². The molecule has 2 rings (SSSR count). The van der Waals surface area contributed by atoms with Gasteiger partial charge in [-0.05, 0) is 50.6 Å². The molecular weight excluding hydrogens is 338 g/mol. The van der Waals surface area contributed by atoms with Gasteiger partial charge in [0.05, 0.1) is 5.54 Å². The monoisotopic (exact) mass is 368 g/mol. The van der Waals surface area contributed by atoms with Crippen LogP contribution in [0.25, 0.3) is 0 Å². The summed E-state index contributed by atoms with van der Waals surface area (Å²) in [6.07, 6.45) is 4.22. The first-order chi connectivity index (χ1) is 12.5. The number of piperidine rings is 1. The molecule has 0 radical (unpaired) electrons. The number of hydrogen-bond acceptors (Lipinski definition) is 3. The summed E-state index contributed by atoms with van der Waals surface area (Å²) in [7, 11) is 1.64. The molecule has 26 heavy (non-hydrogen) atoms. The largest absolute Gasteiger partial charge is 0.385 e. The van der Waals surface area contributed by atoms with Crippen molar-refractivity contribution in [2.75, 3.05) is 26.8 Å². The number of ether oxygens (including phenoxy) is 1. The van der Waals surface area contributed by atoms with Gasteiger partial charge in [-0.25, -0.2) is 8.78 Å². The number of carbonyl (C=O) groups is 1. The second-order valence-corrected chi connectivity index (χ2v) is 6.97. The highest BCUT2D eigenvalue weighted by Crippen LogP contribution is 2.40. The molecule has 1 aliphatic rings. The lowest BCUT2D eigenvalue weighted by molar-refractivity contribution is -0.124. The molecule has 1 saturated heterocycles. The van der Waals surface area contributed by atoms with Crippen molar-refractivity contribution in [3.8, 4) is 0 Å². The molecule has 2 atom stereocenters. The fraction of sp³-hybridized carbons (Fsp3) is 0.650. The van der Waals surface area contributed by atoms with Gasteiger partial charge in [0.1, 0.15) is 0 Å². The van der Waals surface area contributed by atoms with Gasteiger partial charge < -0.3 is 15.4 Å². The summed E-state index contributed by atoms with van der Waals surface area (Å²) in [5.41, 5.74) is -0.661. The van der Waals surface area contributed by atoms with Crippen LogP contribution < -0.4 is 10.6 Å². The Morgan fingerprint density at radius 1 is 1.38 bits per heavy atom. The minimum atomic E-state index is -0.916. The van der Waals surface area contributed by atoms with Gasteiger partial charge in [0.15, 0.2) is 11.6 Å². The van der Waals surface area contributed by atoms with E-state index in [0.717, 1.165) is 38.3 Å². The Kier molecular flexibility index (Phi) is 7.97. The van der Waals surface area contributed by atoms with Crippen LogP contribution in [0.1, 0.15) is 51.0 Å². The quantitative estimate of drug-likeness (QED) is 0.656. The van der Waals surface area contributed by atoms with E-state index in [1.54, 1.807) is 20.1 Å². The lowest BCUT2D eigenvalue weighted by Gasteiger charge is -2.44. The van der Waals surface area contributed by atoms with Gasteiger partial charge in [0.25, 0.3) is 0 Å². The SMILES string of the molecule is CCC(=O)N[C@](CCCCOC)(c1cccc(F)c1F)C1CCCNC1. The van der Waals surface area contributed by atoms with E-state index in [4.69, 9.17) is 4.74 Å². The van der Waals surface area contributed by atoms with E-state index in [9.17, 15) is 13.6 Å². The molecule has 0 spiro atoms. The van der Waals surface area contributed by atoms with E-state index in [2.05, 4.69) is 10.6 Å². The summed E-state index contributed by atoms with van der Waals surface area (Å²) in [6.45, 7) is 3.95. The van der Waals surface area contributed by atoms with E-state index in [1.165, 1.54) is 6.07 Å². The van der Waals surface area contributed by atoms with E-state index >= 15 is 0 Å². The van der Waals surface area contributed by atoms with E-state index in [1.807, 2.05) is 0 Å². The summed E-state index contributed by atoms with van der Waals surface area (Å²) in [5.74, 6) is -1.88. The molecule has 1 heterocycles. The Hall–Kier alpha value is -1.53. The number of benzene rings is 1. The smallest absolute Gasteiger partial charge is 0.220 e. The predicted octanol–water partition coefficient (Wildman–Crippen LogP) is 3.50. The first kappa shape index (κ1) is 20.8. The Morgan fingerprint density at radius 2 is 2.19 bits per heavy atom. The number of rotatable bonds is 9.